The monoisotopic (exact) mass is 328 g/mol. The van der Waals surface area contributed by atoms with Crippen molar-refractivity contribution in [3.8, 4) is 0 Å². The van der Waals surface area contributed by atoms with Crippen molar-refractivity contribution in [2.24, 2.45) is 0 Å². The predicted octanol–water partition coefficient (Wildman–Crippen LogP) is 3.19. The number of nitrogens with one attached hydrogen (secondary N) is 3. The quantitative estimate of drug-likeness (QED) is 0.750. The number of hydrogen-bond acceptors (Lipinski definition) is 5. The Kier molecular flexibility index (Phi) is 5.36. The Labute approximate surface area is 140 Å². The highest BCUT2D eigenvalue weighted by atomic mass is 16.6. The van der Waals surface area contributed by atoms with Crippen LogP contribution in [0.4, 0.5) is 16.2 Å². The van der Waals surface area contributed by atoms with Crippen molar-refractivity contribution in [2.45, 2.75) is 26.4 Å². The molecular weight excluding hydrogens is 308 g/mol. The summed E-state index contributed by atoms with van der Waals surface area (Å²) in [6.07, 6.45) is 2.62. The molecule has 7 heteroatoms. The number of benzene rings is 1. The van der Waals surface area contributed by atoms with Crippen LogP contribution >= 0.6 is 0 Å². The van der Waals surface area contributed by atoms with Crippen molar-refractivity contribution in [3.63, 3.8) is 0 Å². The minimum atomic E-state index is -0.581. The van der Waals surface area contributed by atoms with Gasteiger partial charge >= 0.3 is 6.09 Å². The zero-order valence-corrected chi connectivity index (χ0v) is 13.8. The summed E-state index contributed by atoms with van der Waals surface area (Å²) in [7, 11) is 0. The Hall–Kier alpha value is -3.09. The largest absolute Gasteiger partial charge is 0.443 e. The first-order valence-electron chi connectivity index (χ1n) is 7.40. The number of anilines is 2. The molecule has 0 aliphatic heterocycles. The van der Waals surface area contributed by atoms with Crippen LogP contribution in [0.5, 0.6) is 0 Å². The van der Waals surface area contributed by atoms with Crippen molar-refractivity contribution in [3.05, 3.63) is 54.4 Å². The van der Waals surface area contributed by atoms with Gasteiger partial charge in [0.2, 0.25) is 0 Å². The molecule has 0 unspecified atom stereocenters. The second-order valence-corrected chi connectivity index (χ2v) is 6.02. The lowest BCUT2D eigenvalue weighted by Gasteiger charge is -2.20. The summed E-state index contributed by atoms with van der Waals surface area (Å²) in [5.41, 5.74) is 6.37. The van der Waals surface area contributed by atoms with Gasteiger partial charge in [0.1, 0.15) is 5.60 Å². The predicted molar refractivity (Wildman–Crippen MR) is 91.6 cm³/mol. The second-order valence-electron chi connectivity index (χ2n) is 6.02. The van der Waals surface area contributed by atoms with E-state index in [1.54, 1.807) is 69.6 Å². The lowest BCUT2D eigenvalue weighted by atomic mass is 10.2. The Morgan fingerprint density at radius 2 is 1.58 bits per heavy atom. The zero-order chi connectivity index (χ0) is 17.6. The van der Waals surface area contributed by atoms with E-state index in [2.05, 4.69) is 21.2 Å². The van der Waals surface area contributed by atoms with Gasteiger partial charge in [0.05, 0.1) is 5.69 Å². The molecule has 3 N–H and O–H groups in total. The van der Waals surface area contributed by atoms with Crippen LogP contribution in [-0.4, -0.2) is 22.6 Å². The third kappa shape index (κ3) is 5.60. The van der Waals surface area contributed by atoms with Gasteiger partial charge in [-0.1, -0.05) is 0 Å². The molecule has 0 aliphatic rings. The van der Waals surface area contributed by atoms with Gasteiger partial charge < -0.3 is 10.1 Å². The molecule has 24 heavy (non-hydrogen) atoms. The smallest absolute Gasteiger partial charge is 0.426 e. The molecule has 2 aromatic rings. The topological polar surface area (TPSA) is 92.4 Å². The van der Waals surface area contributed by atoms with Crippen LogP contribution in [0.15, 0.2) is 48.8 Å². The van der Waals surface area contributed by atoms with Crippen molar-refractivity contribution in [2.75, 3.05) is 10.7 Å². The number of pyridine rings is 1. The molecule has 1 heterocycles. The SMILES string of the molecule is CC(C)(C)OC(=O)NNc1ccc(C(=O)Nc2ccncc2)cc1. The van der Waals surface area contributed by atoms with Gasteiger partial charge in [0.15, 0.2) is 0 Å². The number of carbonyl (C=O) groups is 2. The lowest BCUT2D eigenvalue weighted by Crippen LogP contribution is -2.35. The maximum Gasteiger partial charge on any atom is 0.426 e. The average molecular weight is 328 g/mol. The van der Waals surface area contributed by atoms with Crippen molar-refractivity contribution >= 4 is 23.4 Å². The van der Waals surface area contributed by atoms with E-state index in [4.69, 9.17) is 4.74 Å². The Bertz CT molecular complexity index is 694. The fourth-order valence-electron chi connectivity index (χ4n) is 1.77. The molecular formula is C17H20N4O3. The summed E-state index contributed by atoms with van der Waals surface area (Å²) in [6, 6.07) is 10.1. The number of ether oxygens (including phenoxy) is 1. The van der Waals surface area contributed by atoms with Crippen LogP contribution in [0.1, 0.15) is 31.1 Å². The average Bonchev–Trinajstić information content (AvgIpc) is 2.53. The Morgan fingerprint density at radius 1 is 0.958 bits per heavy atom. The molecule has 0 saturated heterocycles. The number of aromatic nitrogens is 1. The first-order chi connectivity index (χ1) is 11.3. The van der Waals surface area contributed by atoms with E-state index in [-0.39, 0.29) is 5.91 Å². The second kappa shape index (κ2) is 7.45. The third-order valence-electron chi connectivity index (χ3n) is 2.79. The van der Waals surface area contributed by atoms with E-state index < -0.39 is 11.7 Å². The molecule has 0 saturated carbocycles. The van der Waals surface area contributed by atoms with Crippen LogP contribution < -0.4 is 16.2 Å². The van der Waals surface area contributed by atoms with Crippen molar-refractivity contribution in [1.82, 2.24) is 10.4 Å². The van der Waals surface area contributed by atoms with Crippen LogP contribution in [0.25, 0.3) is 0 Å². The molecule has 0 bridgehead atoms. The minimum Gasteiger partial charge on any atom is -0.443 e. The number of hydrazine groups is 1. The molecule has 7 nitrogen and oxygen atoms in total. The Morgan fingerprint density at radius 3 is 2.17 bits per heavy atom. The molecule has 0 spiro atoms. The van der Waals surface area contributed by atoms with Crippen molar-refractivity contribution in [1.29, 1.82) is 0 Å². The number of hydrogen-bond donors (Lipinski definition) is 3. The maximum atomic E-state index is 12.1. The first-order valence-corrected chi connectivity index (χ1v) is 7.40. The highest BCUT2D eigenvalue weighted by Gasteiger charge is 2.15. The molecule has 0 atom stereocenters. The molecule has 0 fully saturated rings. The summed E-state index contributed by atoms with van der Waals surface area (Å²) in [6.45, 7) is 5.34. The maximum absolute atomic E-state index is 12.1. The molecule has 2 rings (SSSR count). The number of rotatable bonds is 4. The van der Waals surface area contributed by atoms with Crippen LogP contribution in [-0.2, 0) is 4.74 Å². The zero-order valence-electron chi connectivity index (χ0n) is 13.8. The summed E-state index contributed by atoms with van der Waals surface area (Å²) >= 11 is 0. The van der Waals surface area contributed by atoms with E-state index in [9.17, 15) is 9.59 Å². The molecule has 0 aliphatic carbocycles. The molecule has 2 amide bonds. The van der Waals surface area contributed by atoms with E-state index in [1.807, 2.05) is 0 Å². The highest BCUT2D eigenvalue weighted by molar-refractivity contribution is 6.04. The summed E-state index contributed by atoms with van der Waals surface area (Å²) in [5.74, 6) is -0.229. The van der Waals surface area contributed by atoms with Gasteiger partial charge in [-0.25, -0.2) is 10.2 Å². The van der Waals surface area contributed by atoms with Crippen molar-refractivity contribution < 1.29 is 14.3 Å². The normalized spacial score (nSPS) is 10.6. The van der Waals surface area contributed by atoms with Gasteiger partial charge in [-0.05, 0) is 57.2 Å². The van der Waals surface area contributed by atoms with E-state index >= 15 is 0 Å². The summed E-state index contributed by atoms with van der Waals surface area (Å²) in [5, 5.41) is 2.76. The van der Waals surface area contributed by atoms with Gasteiger partial charge in [-0.2, -0.15) is 0 Å². The fraction of sp³-hybridized carbons (Fsp3) is 0.235. The molecule has 1 aromatic heterocycles. The lowest BCUT2D eigenvalue weighted by molar-refractivity contribution is 0.0541. The molecule has 126 valence electrons. The number of carbonyl (C=O) groups excluding carboxylic acids is 2. The van der Waals surface area contributed by atoms with E-state index in [0.717, 1.165) is 0 Å². The fourth-order valence-corrected chi connectivity index (χ4v) is 1.77. The van der Waals surface area contributed by atoms with Gasteiger partial charge in [-0.3, -0.25) is 15.2 Å². The highest BCUT2D eigenvalue weighted by Crippen LogP contribution is 2.12. The van der Waals surface area contributed by atoms with Crippen LogP contribution in [0.2, 0.25) is 0 Å². The molecule has 0 radical (unpaired) electrons. The molecule has 1 aromatic carbocycles. The van der Waals surface area contributed by atoms with Crippen LogP contribution in [0.3, 0.4) is 0 Å². The van der Waals surface area contributed by atoms with E-state index in [0.29, 0.717) is 16.9 Å². The third-order valence-corrected chi connectivity index (χ3v) is 2.79. The minimum absolute atomic E-state index is 0.229. The number of amides is 2. The Balaban J connectivity index is 1.88. The van der Waals surface area contributed by atoms with Gasteiger partial charge in [0, 0.05) is 23.6 Å². The van der Waals surface area contributed by atoms with Gasteiger partial charge in [-0.15, -0.1) is 0 Å². The first kappa shape index (κ1) is 17.3. The number of nitrogens with zero attached hydrogens (tertiary/aromatic N) is 1. The van der Waals surface area contributed by atoms with Gasteiger partial charge in [0.25, 0.3) is 5.91 Å². The summed E-state index contributed by atoms with van der Waals surface area (Å²) in [4.78, 5) is 27.5. The standard InChI is InChI=1S/C17H20N4O3/c1-17(2,3)24-16(23)21-20-14-6-4-12(5-7-14)15(22)19-13-8-10-18-11-9-13/h4-11,20H,1-3H3,(H,21,23)(H,18,19,22). The van der Waals surface area contributed by atoms with E-state index in [1.165, 1.54) is 0 Å². The van der Waals surface area contributed by atoms with Crippen LogP contribution in [0, 0.1) is 0 Å². The summed E-state index contributed by atoms with van der Waals surface area (Å²) < 4.78 is 5.11.